The molecule has 118 valence electrons. The second-order valence-electron chi connectivity index (χ2n) is 5.94. The lowest BCUT2D eigenvalue weighted by Gasteiger charge is -2.37. The molecule has 0 atom stereocenters. The zero-order valence-electron chi connectivity index (χ0n) is 12.7. The molecule has 0 saturated carbocycles. The number of halogens is 2. The highest BCUT2D eigenvalue weighted by Crippen LogP contribution is 2.36. The van der Waals surface area contributed by atoms with Crippen molar-refractivity contribution in [3.63, 3.8) is 0 Å². The van der Waals surface area contributed by atoms with Gasteiger partial charge < -0.3 is 0 Å². The number of rotatable bonds is 3. The lowest BCUT2D eigenvalue weighted by Crippen LogP contribution is -2.42. The molecule has 1 aromatic carbocycles. The Morgan fingerprint density at radius 3 is 2.57 bits per heavy atom. The molecule has 0 aliphatic carbocycles. The summed E-state index contributed by atoms with van der Waals surface area (Å²) in [5.41, 5.74) is 0.610. The molecule has 0 spiro atoms. The molecule has 0 amide bonds. The second-order valence-corrected chi connectivity index (χ2v) is 6.38. The molecule has 0 bridgehead atoms. The molecule has 5 heteroatoms. The van der Waals surface area contributed by atoms with Crippen LogP contribution < -0.4 is 0 Å². The molecule has 1 aliphatic rings. The van der Waals surface area contributed by atoms with E-state index in [0.29, 0.717) is 12.8 Å². The summed E-state index contributed by atoms with van der Waals surface area (Å²) in [7, 11) is 0. The highest BCUT2D eigenvalue weighted by molar-refractivity contribution is 6.30. The van der Waals surface area contributed by atoms with Crippen LogP contribution in [0.3, 0.4) is 0 Å². The van der Waals surface area contributed by atoms with Gasteiger partial charge in [0.25, 0.3) is 0 Å². The van der Waals surface area contributed by atoms with E-state index in [4.69, 9.17) is 11.6 Å². The van der Waals surface area contributed by atoms with Crippen molar-refractivity contribution in [1.82, 2.24) is 9.88 Å². The summed E-state index contributed by atoms with van der Waals surface area (Å²) in [5, 5.41) is 9.91. The van der Waals surface area contributed by atoms with Gasteiger partial charge in [0.15, 0.2) is 0 Å². The summed E-state index contributed by atoms with van der Waals surface area (Å²) < 4.78 is 14.2. The van der Waals surface area contributed by atoms with E-state index >= 15 is 0 Å². The van der Waals surface area contributed by atoms with Gasteiger partial charge >= 0.3 is 0 Å². The van der Waals surface area contributed by atoms with E-state index < -0.39 is 11.2 Å². The van der Waals surface area contributed by atoms with Gasteiger partial charge in [-0.05, 0) is 24.5 Å². The van der Waals surface area contributed by atoms with Crippen molar-refractivity contribution >= 4 is 11.6 Å². The van der Waals surface area contributed by atoms with Crippen LogP contribution in [0.25, 0.3) is 0 Å². The number of benzene rings is 1. The molecule has 23 heavy (non-hydrogen) atoms. The number of aromatic nitrogens is 1. The van der Waals surface area contributed by atoms with Gasteiger partial charge in [0.1, 0.15) is 11.2 Å². The molecule has 1 fully saturated rings. The minimum atomic E-state index is -0.859. The lowest BCUT2D eigenvalue weighted by molar-refractivity contribution is 0.175. The Labute approximate surface area is 140 Å². The summed E-state index contributed by atoms with van der Waals surface area (Å²) in [6, 6.07) is 13.8. The number of pyridine rings is 1. The third kappa shape index (κ3) is 3.36. The average molecular weight is 330 g/mol. The standard InChI is InChI=1S/C18H17ClFN3/c19-15-10-16(20)17(22-11-15)18(13-21)6-8-23(9-7-18)12-14-4-2-1-3-5-14/h1-5,10-11H,6-9,12H2. The molecule has 1 aromatic heterocycles. The highest BCUT2D eigenvalue weighted by Gasteiger charge is 2.39. The van der Waals surface area contributed by atoms with Gasteiger partial charge in [-0.2, -0.15) is 5.26 Å². The van der Waals surface area contributed by atoms with Crippen LogP contribution in [0.4, 0.5) is 4.39 Å². The molecule has 1 aliphatic heterocycles. The van der Waals surface area contributed by atoms with Gasteiger partial charge in [0.2, 0.25) is 0 Å². The molecule has 0 radical (unpaired) electrons. The van der Waals surface area contributed by atoms with Gasteiger partial charge in [0.05, 0.1) is 16.8 Å². The van der Waals surface area contributed by atoms with Crippen LogP contribution in [0, 0.1) is 17.1 Å². The highest BCUT2D eigenvalue weighted by atomic mass is 35.5. The van der Waals surface area contributed by atoms with Crippen LogP contribution in [0.2, 0.25) is 5.02 Å². The Morgan fingerprint density at radius 2 is 1.96 bits per heavy atom. The third-order valence-corrected chi connectivity index (χ3v) is 4.64. The number of hydrogen-bond donors (Lipinski definition) is 0. The predicted octanol–water partition coefficient (Wildman–Crippen LogP) is 3.93. The van der Waals surface area contributed by atoms with E-state index in [0.717, 1.165) is 19.6 Å². The summed E-state index contributed by atoms with van der Waals surface area (Å²) in [6.07, 6.45) is 2.55. The molecule has 0 N–H and O–H groups in total. The number of nitrogens with zero attached hydrogens (tertiary/aromatic N) is 3. The lowest BCUT2D eigenvalue weighted by atomic mass is 9.76. The summed E-state index contributed by atoms with van der Waals surface area (Å²) >= 11 is 5.76. The molecule has 2 aromatic rings. The van der Waals surface area contributed by atoms with E-state index in [9.17, 15) is 9.65 Å². The smallest absolute Gasteiger partial charge is 0.147 e. The largest absolute Gasteiger partial charge is 0.299 e. The SMILES string of the molecule is N#CC1(c2ncc(Cl)cc2F)CCN(Cc2ccccc2)CC1. The number of likely N-dealkylation sites (tertiary alicyclic amines) is 1. The van der Waals surface area contributed by atoms with E-state index in [1.165, 1.54) is 17.8 Å². The molecular weight excluding hydrogens is 313 g/mol. The van der Waals surface area contributed by atoms with E-state index in [1.54, 1.807) is 0 Å². The Hall–Kier alpha value is -1.96. The average Bonchev–Trinajstić information content (AvgIpc) is 2.57. The Balaban J connectivity index is 1.74. The summed E-state index contributed by atoms with van der Waals surface area (Å²) in [6.45, 7) is 2.33. The maximum Gasteiger partial charge on any atom is 0.147 e. The van der Waals surface area contributed by atoms with Crippen LogP contribution in [0.1, 0.15) is 24.1 Å². The first kappa shape index (κ1) is 15.9. The van der Waals surface area contributed by atoms with Crippen molar-refractivity contribution < 1.29 is 4.39 Å². The molecular formula is C18H17ClFN3. The summed E-state index contributed by atoms with van der Waals surface area (Å²) in [4.78, 5) is 6.40. The van der Waals surface area contributed by atoms with E-state index in [-0.39, 0.29) is 10.7 Å². The van der Waals surface area contributed by atoms with Crippen molar-refractivity contribution in [3.05, 3.63) is 64.7 Å². The Morgan fingerprint density at radius 1 is 1.26 bits per heavy atom. The third-order valence-electron chi connectivity index (χ3n) is 4.43. The minimum Gasteiger partial charge on any atom is -0.299 e. The Kier molecular flexibility index (Phi) is 4.61. The van der Waals surface area contributed by atoms with Crippen molar-refractivity contribution in [3.8, 4) is 6.07 Å². The molecule has 2 heterocycles. The fraction of sp³-hybridized carbons (Fsp3) is 0.333. The van der Waals surface area contributed by atoms with Crippen LogP contribution in [0.5, 0.6) is 0 Å². The topological polar surface area (TPSA) is 39.9 Å². The maximum atomic E-state index is 14.2. The maximum absolute atomic E-state index is 14.2. The van der Waals surface area contributed by atoms with Gasteiger partial charge in [-0.3, -0.25) is 9.88 Å². The second kappa shape index (κ2) is 6.66. The molecule has 3 rings (SSSR count). The van der Waals surface area contributed by atoms with Crippen molar-refractivity contribution in [2.24, 2.45) is 0 Å². The van der Waals surface area contributed by atoms with E-state index in [2.05, 4.69) is 28.1 Å². The van der Waals surface area contributed by atoms with Crippen molar-refractivity contribution in [2.45, 2.75) is 24.8 Å². The summed E-state index contributed by atoms with van der Waals surface area (Å²) in [5.74, 6) is -0.490. The van der Waals surface area contributed by atoms with Crippen molar-refractivity contribution in [1.29, 1.82) is 5.26 Å². The fourth-order valence-corrected chi connectivity index (χ4v) is 3.25. The minimum absolute atomic E-state index is 0.226. The van der Waals surface area contributed by atoms with Gasteiger partial charge in [-0.15, -0.1) is 0 Å². The van der Waals surface area contributed by atoms with Gasteiger partial charge in [-0.25, -0.2) is 4.39 Å². The Bertz CT molecular complexity index is 719. The first-order valence-electron chi connectivity index (χ1n) is 7.62. The fourth-order valence-electron chi connectivity index (χ4n) is 3.10. The monoisotopic (exact) mass is 329 g/mol. The van der Waals surface area contributed by atoms with Crippen LogP contribution in [0.15, 0.2) is 42.6 Å². The van der Waals surface area contributed by atoms with Crippen LogP contribution in [-0.2, 0) is 12.0 Å². The molecule has 3 nitrogen and oxygen atoms in total. The zero-order chi connectivity index (χ0) is 16.3. The molecule has 0 unspecified atom stereocenters. The van der Waals surface area contributed by atoms with E-state index in [1.807, 2.05) is 18.2 Å². The van der Waals surface area contributed by atoms with Gasteiger partial charge in [-0.1, -0.05) is 41.9 Å². The quantitative estimate of drug-likeness (QED) is 0.856. The van der Waals surface area contributed by atoms with Crippen LogP contribution in [-0.4, -0.2) is 23.0 Å². The molecule has 1 saturated heterocycles. The number of hydrogen-bond acceptors (Lipinski definition) is 3. The predicted molar refractivity (Wildman–Crippen MR) is 87.4 cm³/mol. The normalized spacial score (nSPS) is 17.6. The first-order chi connectivity index (χ1) is 11.1. The number of nitriles is 1. The first-order valence-corrected chi connectivity index (χ1v) is 8.00. The van der Waals surface area contributed by atoms with Gasteiger partial charge in [0, 0.05) is 25.8 Å². The number of piperidine rings is 1. The van der Waals surface area contributed by atoms with Crippen LogP contribution >= 0.6 is 11.6 Å². The van der Waals surface area contributed by atoms with Crippen molar-refractivity contribution in [2.75, 3.05) is 13.1 Å². The zero-order valence-corrected chi connectivity index (χ0v) is 13.4.